The number of aliphatic hydroxyl groups excluding tert-OH is 1. The highest BCUT2D eigenvalue weighted by molar-refractivity contribution is 6.46. The highest BCUT2D eigenvalue weighted by Crippen LogP contribution is 2.39. The number of hydrogen-bond acceptors (Lipinski definition) is 6. The first-order valence-corrected chi connectivity index (χ1v) is 9.41. The number of ketones is 1. The molecule has 29 heavy (non-hydrogen) atoms. The summed E-state index contributed by atoms with van der Waals surface area (Å²) < 4.78 is 5.21. The molecule has 2 aromatic rings. The molecule has 1 atom stereocenters. The summed E-state index contributed by atoms with van der Waals surface area (Å²) in [6.07, 6.45) is 3.93. The molecule has 7 nitrogen and oxygen atoms in total. The van der Waals surface area contributed by atoms with Gasteiger partial charge >= 0.3 is 0 Å². The number of likely N-dealkylation sites (tertiary alicyclic amines) is 1. The highest BCUT2D eigenvalue weighted by atomic mass is 16.5. The number of nitrogens with zero attached hydrogens (tertiary/aromatic N) is 3. The summed E-state index contributed by atoms with van der Waals surface area (Å²) in [6, 6.07) is 9.65. The van der Waals surface area contributed by atoms with Gasteiger partial charge in [0.05, 0.1) is 18.7 Å². The number of Topliss-reactive ketones (excluding diaryl/α,β-unsaturated/α-hetero) is 1. The fourth-order valence-electron chi connectivity index (χ4n) is 3.49. The lowest BCUT2D eigenvalue weighted by molar-refractivity contribution is -0.139. The van der Waals surface area contributed by atoms with Crippen LogP contribution in [0.15, 0.2) is 54.4 Å². The molecule has 1 saturated heterocycles. The maximum absolute atomic E-state index is 12.9. The first-order valence-electron chi connectivity index (χ1n) is 9.41. The maximum Gasteiger partial charge on any atom is 0.295 e. The van der Waals surface area contributed by atoms with E-state index in [0.717, 1.165) is 12.1 Å². The van der Waals surface area contributed by atoms with E-state index >= 15 is 0 Å². The van der Waals surface area contributed by atoms with Gasteiger partial charge < -0.3 is 19.6 Å². The normalized spacial score (nSPS) is 18.5. The number of ether oxygens (including phenoxy) is 1. The first kappa shape index (κ1) is 20.5. The second-order valence-electron chi connectivity index (χ2n) is 7.16. The monoisotopic (exact) mass is 395 g/mol. The molecule has 0 saturated carbocycles. The minimum absolute atomic E-state index is 0.0827. The number of aliphatic hydroxyl groups is 1. The van der Waals surface area contributed by atoms with Crippen LogP contribution in [0.3, 0.4) is 0 Å². The van der Waals surface area contributed by atoms with Crippen LogP contribution in [-0.4, -0.2) is 65.9 Å². The van der Waals surface area contributed by atoms with Crippen molar-refractivity contribution >= 4 is 17.4 Å². The lowest BCUT2D eigenvalue weighted by Crippen LogP contribution is -2.32. The van der Waals surface area contributed by atoms with Gasteiger partial charge in [0.25, 0.3) is 11.7 Å². The Labute approximate surface area is 170 Å². The quantitative estimate of drug-likeness (QED) is 0.441. The molecule has 2 heterocycles. The molecule has 0 aliphatic carbocycles. The third-order valence-corrected chi connectivity index (χ3v) is 4.91. The Morgan fingerprint density at radius 2 is 1.93 bits per heavy atom. The van der Waals surface area contributed by atoms with Crippen molar-refractivity contribution in [2.75, 3.05) is 34.3 Å². The second-order valence-corrected chi connectivity index (χ2v) is 7.16. The SMILES string of the molecule is COc1cccc(/C(O)=C2/C(=O)C(=O)N(CCCN(C)C)C2c2ccncc2)c1. The Hall–Kier alpha value is -3.19. The average molecular weight is 395 g/mol. The first-order chi connectivity index (χ1) is 13.9. The van der Waals surface area contributed by atoms with Crippen LogP contribution >= 0.6 is 0 Å². The lowest BCUT2D eigenvalue weighted by Gasteiger charge is -2.25. The minimum atomic E-state index is -0.683. The Balaban J connectivity index is 2.07. The molecule has 0 radical (unpaired) electrons. The van der Waals surface area contributed by atoms with Crippen LogP contribution < -0.4 is 4.74 Å². The summed E-state index contributed by atoms with van der Waals surface area (Å²) in [5.41, 5.74) is 1.24. The molecule has 0 spiro atoms. The zero-order chi connectivity index (χ0) is 21.0. The molecule has 1 aromatic carbocycles. The van der Waals surface area contributed by atoms with Crippen molar-refractivity contribution in [1.29, 1.82) is 0 Å². The van der Waals surface area contributed by atoms with Crippen molar-refractivity contribution in [2.45, 2.75) is 12.5 Å². The van der Waals surface area contributed by atoms with Gasteiger partial charge in [0.2, 0.25) is 0 Å². The van der Waals surface area contributed by atoms with Gasteiger partial charge in [-0.15, -0.1) is 0 Å². The van der Waals surface area contributed by atoms with E-state index in [0.29, 0.717) is 24.3 Å². The number of pyridine rings is 1. The molecular weight excluding hydrogens is 370 g/mol. The van der Waals surface area contributed by atoms with Gasteiger partial charge in [-0.3, -0.25) is 14.6 Å². The third kappa shape index (κ3) is 4.30. The fourth-order valence-corrected chi connectivity index (χ4v) is 3.49. The standard InChI is InChI=1S/C22H25N3O4/c1-24(2)12-5-13-25-19(15-8-10-23-11-9-15)18(21(27)22(25)28)20(26)16-6-4-7-17(14-16)29-3/h4,6-11,14,19,26H,5,12-13H2,1-3H3/b20-18-. The largest absolute Gasteiger partial charge is 0.507 e. The number of carbonyl (C=O) groups is 2. The van der Waals surface area contributed by atoms with Crippen molar-refractivity contribution in [3.8, 4) is 5.75 Å². The zero-order valence-electron chi connectivity index (χ0n) is 16.8. The Morgan fingerprint density at radius 3 is 2.59 bits per heavy atom. The van der Waals surface area contributed by atoms with Gasteiger partial charge in [-0.2, -0.15) is 0 Å². The van der Waals surface area contributed by atoms with Crippen LogP contribution in [0, 0.1) is 0 Å². The maximum atomic E-state index is 12.9. The number of carbonyl (C=O) groups excluding carboxylic acids is 2. The summed E-state index contributed by atoms with van der Waals surface area (Å²) in [5, 5.41) is 11.0. The highest BCUT2D eigenvalue weighted by Gasteiger charge is 2.45. The van der Waals surface area contributed by atoms with E-state index in [1.54, 1.807) is 48.8 Å². The van der Waals surface area contributed by atoms with Gasteiger partial charge in [0.15, 0.2) is 0 Å². The van der Waals surface area contributed by atoms with E-state index in [1.165, 1.54) is 12.0 Å². The van der Waals surface area contributed by atoms with Crippen molar-refractivity contribution in [3.05, 3.63) is 65.5 Å². The number of rotatable bonds is 7. The van der Waals surface area contributed by atoms with Crippen LogP contribution in [0.1, 0.15) is 23.6 Å². The Morgan fingerprint density at radius 1 is 1.21 bits per heavy atom. The van der Waals surface area contributed by atoms with Gasteiger partial charge in [0, 0.05) is 24.5 Å². The molecule has 1 N–H and O–H groups in total. The lowest BCUT2D eigenvalue weighted by atomic mass is 9.96. The van der Waals surface area contributed by atoms with Crippen molar-refractivity contribution in [3.63, 3.8) is 0 Å². The number of aromatic nitrogens is 1. The number of benzene rings is 1. The van der Waals surface area contributed by atoms with Gasteiger partial charge in [0.1, 0.15) is 11.5 Å². The van der Waals surface area contributed by atoms with Gasteiger partial charge in [-0.05, 0) is 56.9 Å². The summed E-state index contributed by atoms with van der Waals surface area (Å²) >= 11 is 0. The molecule has 1 aliphatic heterocycles. The molecule has 1 unspecified atom stereocenters. The summed E-state index contributed by atoms with van der Waals surface area (Å²) in [5.74, 6) is -0.944. The molecule has 152 valence electrons. The topological polar surface area (TPSA) is 83.0 Å². The van der Waals surface area contributed by atoms with Crippen LogP contribution in [0.25, 0.3) is 5.76 Å². The summed E-state index contributed by atoms with van der Waals surface area (Å²) in [7, 11) is 5.44. The Bertz CT molecular complexity index is 925. The van der Waals surface area contributed by atoms with E-state index in [1.807, 2.05) is 19.0 Å². The summed E-state index contributed by atoms with van der Waals surface area (Å²) in [4.78, 5) is 33.3. The van der Waals surface area contributed by atoms with Crippen LogP contribution in [-0.2, 0) is 9.59 Å². The molecule has 0 bridgehead atoms. The molecule has 1 aromatic heterocycles. The molecule has 7 heteroatoms. The van der Waals surface area contributed by atoms with E-state index < -0.39 is 17.7 Å². The van der Waals surface area contributed by atoms with E-state index in [2.05, 4.69) is 4.98 Å². The van der Waals surface area contributed by atoms with Crippen LogP contribution in [0.2, 0.25) is 0 Å². The molecule has 1 aliphatic rings. The molecular formula is C22H25N3O4. The summed E-state index contributed by atoms with van der Waals surface area (Å²) in [6.45, 7) is 1.19. The van der Waals surface area contributed by atoms with E-state index in [4.69, 9.17) is 4.74 Å². The average Bonchev–Trinajstić information content (AvgIpc) is 2.98. The molecule has 1 amide bonds. The number of hydrogen-bond donors (Lipinski definition) is 1. The molecule has 1 fully saturated rings. The smallest absolute Gasteiger partial charge is 0.295 e. The third-order valence-electron chi connectivity index (χ3n) is 4.91. The minimum Gasteiger partial charge on any atom is -0.507 e. The van der Waals surface area contributed by atoms with Gasteiger partial charge in [-0.1, -0.05) is 12.1 Å². The van der Waals surface area contributed by atoms with Crippen molar-refractivity contribution in [1.82, 2.24) is 14.8 Å². The fraction of sp³-hybridized carbons (Fsp3) is 0.318. The van der Waals surface area contributed by atoms with Crippen molar-refractivity contribution < 1.29 is 19.4 Å². The van der Waals surface area contributed by atoms with E-state index in [9.17, 15) is 14.7 Å². The van der Waals surface area contributed by atoms with Gasteiger partial charge in [-0.25, -0.2) is 0 Å². The molecule has 3 rings (SSSR count). The number of amides is 1. The predicted molar refractivity (Wildman–Crippen MR) is 109 cm³/mol. The second kappa shape index (κ2) is 8.87. The predicted octanol–water partition coefficient (Wildman–Crippen LogP) is 2.46. The van der Waals surface area contributed by atoms with E-state index in [-0.39, 0.29) is 11.3 Å². The number of methoxy groups -OCH3 is 1. The van der Waals surface area contributed by atoms with Crippen LogP contribution in [0.4, 0.5) is 0 Å². The van der Waals surface area contributed by atoms with Crippen molar-refractivity contribution in [2.24, 2.45) is 0 Å². The zero-order valence-corrected chi connectivity index (χ0v) is 16.8. The Kier molecular flexibility index (Phi) is 6.29. The van der Waals surface area contributed by atoms with Crippen LogP contribution in [0.5, 0.6) is 5.75 Å².